The van der Waals surface area contributed by atoms with E-state index in [0.717, 1.165) is 11.1 Å². The third-order valence-electron chi connectivity index (χ3n) is 4.91. The SMILES string of the molecule is Cc1cccc(-c2nnc(NC(=O)C3CCCN3S(=O)(=O)c3cc(Cl)ccc3Cl)s2)c1. The molecular weight excluding hydrogens is 479 g/mol. The summed E-state index contributed by atoms with van der Waals surface area (Å²) in [5.74, 6) is -0.453. The van der Waals surface area contributed by atoms with Crippen LogP contribution < -0.4 is 5.32 Å². The van der Waals surface area contributed by atoms with Crippen molar-refractivity contribution in [3.63, 3.8) is 0 Å². The first kappa shape index (κ1) is 22.2. The van der Waals surface area contributed by atoms with Crippen molar-refractivity contribution in [1.29, 1.82) is 0 Å². The zero-order valence-electron chi connectivity index (χ0n) is 16.4. The monoisotopic (exact) mass is 496 g/mol. The van der Waals surface area contributed by atoms with Crippen molar-refractivity contribution < 1.29 is 13.2 Å². The van der Waals surface area contributed by atoms with Crippen molar-refractivity contribution in [2.75, 3.05) is 11.9 Å². The van der Waals surface area contributed by atoms with E-state index in [4.69, 9.17) is 23.2 Å². The van der Waals surface area contributed by atoms with Crippen LogP contribution in [-0.4, -0.2) is 41.4 Å². The molecule has 0 aliphatic carbocycles. The Kier molecular flexibility index (Phi) is 6.32. The molecule has 1 saturated heterocycles. The second-order valence-corrected chi connectivity index (χ2v) is 10.8. The van der Waals surface area contributed by atoms with E-state index in [2.05, 4.69) is 15.5 Å². The number of hydrogen-bond acceptors (Lipinski definition) is 6. The molecular formula is C20H18Cl2N4O3S2. The van der Waals surface area contributed by atoms with Gasteiger partial charge in [-0.15, -0.1) is 10.2 Å². The van der Waals surface area contributed by atoms with Crippen molar-refractivity contribution in [3.8, 4) is 10.6 Å². The van der Waals surface area contributed by atoms with Crippen LogP contribution in [0, 0.1) is 6.92 Å². The van der Waals surface area contributed by atoms with Gasteiger partial charge in [0.15, 0.2) is 0 Å². The Morgan fingerprint density at radius 3 is 2.77 bits per heavy atom. The first-order chi connectivity index (χ1) is 14.8. The second-order valence-electron chi connectivity index (χ2n) is 7.12. The van der Waals surface area contributed by atoms with Crippen LogP contribution in [0.5, 0.6) is 0 Å². The number of halogens is 2. The number of sulfonamides is 1. The Bertz CT molecular complexity index is 1250. The number of carbonyl (C=O) groups is 1. The largest absolute Gasteiger partial charge is 0.299 e. The summed E-state index contributed by atoms with van der Waals surface area (Å²) in [6, 6.07) is 11.2. The highest BCUT2D eigenvalue weighted by Crippen LogP contribution is 2.33. The first-order valence-electron chi connectivity index (χ1n) is 9.44. The van der Waals surface area contributed by atoms with E-state index in [1.165, 1.54) is 33.8 Å². The van der Waals surface area contributed by atoms with Gasteiger partial charge in [-0.25, -0.2) is 8.42 Å². The minimum Gasteiger partial charge on any atom is -0.299 e. The molecule has 2 aromatic carbocycles. The molecule has 1 aromatic heterocycles. The molecule has 0 bridgehead atoms. The summed E-state index contributed by atoms with van der Waals surface area (Å²) in [6.45, 7) is 2.20. The summed E-state index contributed by atoms with van der Waals surface area (Å²) in [7, 11) is -4.00. The molecule has 7 nitrogen and oxygen atoms in total. The number of rotatable bonds is 5. The lowest BCUT2D eigenvalue weighted by atomic mass is 10.1. The Labute approximate surface area is 194 Å². The fraction of sp³-hybridized carbons (Fsp3) is 0.250. The van der Waals surface area contributed by atoms with Crippen molar-refractivity contribution in [2.45, 2.75) is 30.7 Å². The standard InChI is InChI=1S/C20H18Cl2N4O3S2/c1-12-4-2-5-13(10-12)19-24-25-20(30-19)23-18(27)16-6-3-9-26(16)31(28,29)17-11-14(21)7-8-15(17)22/h2,4-5,7-8,10-11,16H,3,6,9H2,1H3,(H,23,25,27). The van der Waals surface area contributed by atoms with Gasteiger partial charge in [-0.2, -0.15) is 4.31 Å². The molecule has 0 spiro atoms. The van der Waals surface area contributed by atoms with E-state index >= 15 is 0 Å². The van der Waals surface area contributed by atoms with Gasteiger partial charge < -0.3 is 0 Å². The van der Waals surface area contributed by atoms with Gasteiger partial charge in [-0.3, -0.25) is 10.1 Å². The molecule has 1 unspecified atom stereocenters. The summed E-state index contributed by atoms with van der Waals surface area (Å²) in [4.78, 5) is 12.8. The van der Waals surface area contributed by atoms with E-state index in [9.17, 15) is 13.2 Å². The van der Waals surface area contributed by atoms with Crippen LogP contribution in [0.2, 0.25) is 10.0 Å². The van der Waals surface area contributed by atoms with Gasteiger partial charge in [0.2, 0.25) is 21.1 Å². The fourth-order valence-electron chi connectivity index (χ4n) is 3.45. The molecule has 31 heavy (non-hydrogen) atoms. The zero-order valence-corrected chi connectivity index (χ0v) is 19.5. The third-order valence-corrected chi connectivity index (χ3v) is 8.42. The van der Waals surface area contributed by atoms with Crippen molar-refractivity contribution in [3.05, 3.63) is 58.1 Å². The molecule has 1 aliphatic rings. The highest BCUT2D eigenvalue weighted by atomic mass is 35.5. The summed E-state index contributed by atoms with van der Waals surface area (Å²) in [5.41, 5.74) is 1.99. The molecule has 2 heterocycles. The Morgan fingerprint density at radius 2 is 2.00 bits per heavy atom. The number of amides is 1. The van der Waals surface area contributed by atoms with Gasteiger partial charge in [0.1, 0.15) is 15.9 Å². The van der Waals surface area contributed by atoms with Crippen LogP contribution in [0.1, 0.15) is 18.4 Å². The lowest BCUT2D eigenvalue weighted by molar-refractivity contribution is -0.119. The molecule has 1 atom stereocenters. The second kappa shape index (κ2) is 8.84. The molecule has 1 aliphatic heterocycles. The molecule has 0 radical (unpaired) electrons. The van der Waals surface area contributed by atoms with Gasteiger partial charge in [-0.05, 0) is 44.0 Å². The topological polar surface area (TPSA) is 92.3 Å². The highest BCUT2D eigenvalue weighted by molar-refractivity contribution is 7.89. The minimum absolute atomic E-state index is 0.0578. The van der Waals surface area contributed by atoms with Crippen LogP contribution in [0.4, 0.5) is 5.13 Å². The molecule has 4 rings (SSSR count). The number of hydrogen-bond donors (Lipinski definition) is 1. The van der Waals surface area contributed by atoms with Gasteiger partial charge in [0.25, 0.3) is 0 Å². The summed E-state index contributed by atoms with van der Waals surface area (Å²) in [6.07, 6.45) is 0.951. The van der Waals surface area contributed by atoms with Crippen LogP contribution in [0.3, 0.4) is 0 Å². The van der Waals surface area contributed by atoms with Crippen LogP contribution >= 0.6 is 34.5 Å². The van der Waals surface area contributed by atoms with Crippen molar-refractivity contribution in [1.82, 2.24) is 14.5 Å². The Hall–Kier alpha value is -2.04. The first-order valence-corrected chi connectivity index (χ1v) is 12.5. The van der Waals surface area contributed by atoms with E-state index < -0.39 is 22.0 Å². The van der Waals surface area contributed by atoms with Gasteiger partial charge in [-0.1, -0.05) is 58.3 Å². The molecule has 3 aromatic rings. The smallest absolute Gasteiger partial charge is 0.245 e. The lowest BCUT2D eigenvalue weighted by Crippen LogP contribution is -2.43. The van der Waals surface area contributed by atoms with Crippen LogP contribution in [0.15, 0.2) is 47.4 Å². The molecule has 1 fully saturated rings. The van der Waals surface area contributed by atoms with E-state index in [-0.39, 0.29) is 21.5 Å². The third kappa shape index (κ3) is 4.61. The number of nitrogens with zero attached hydrogens (tertiary/aromatic N) is 3. The number of aromatic nitrogens is 2. The number of anilines is 1. The average molecular weight is 497 g/mol. The van der Waals surface area contributed by atoms with Crippen molar-refractivity contribution in [2.24, 2.45) is 0 Å². The fourth-order valence-corrected chi connectivity index (χ4v) is 6.59. The maximum absolute atomic E-state index is 13.2. The summed E-state index contributed by atoms with van der Waals surface area (Å²) < 4.78 is 27.5. The predicted octanol–water partition coefficient (Wildman–Crippen LogP) is 4.61. The van der Waals surface area contributed by atoms with E-state index in [1.54, 1.807) is 0 Å². The maximum Gasteiger partial charge on any atom is 0.245 e. The maximum atomic E-state index is 13.2. The van der Waals surface area contributed by atoms with Crippen LogP contribution in [0.25, 0.3) is 10.6 Å². The lowest BCUT2D eigenvalue weighted by Gasteiger charge is -2.23. The summed E-state index contributed by atoms with van der Waals surface area (Å²) in [5, 5.41) is 12.2. The van der Waals surface area contributed by atoms with E-state index in [1.807, 2.05) is 31.2 Å². The van der Waals surface area contributed by atoms with Crippen molar-refractivity contribution >= 4 is 55.6 Å². The quantitative estimate of drug-likeness (QED) is 0.556. The number of aryl methyl sites for hydroxylation is 1. The van der Waals surface area contributed by atoms with Gasteiger partial charge >= 0.3 is 0 Å². The number of benzene rings is 2. The van der Waals surface area contributed by atoms with Gasteiger partial charge in [0.05, 0.1) is 5.02 Å². The zero-order chi connectivity index (χ0) is 22.2. The Morgan fingerprint density at radius 1 is 1.19 bits per heavy atom. The molecule has 0 saturated carbocycles. The molecule has 1 amide bonds. The summed E-state index contributed by atoms with van der Waals surface area (Å²) >= 11 is 13.3. The minimum atomic E-state index is -4.00. The molecule has 11 heteroatoms. The van der Waals surface area contributed by atoms with Gasteiger partial charge in [0, 0.05) is 17.1 Å². The number of carbonyl (C=O) groups excluding carboxylic acids is 1. The van der Waals surface area contributed by atoms with E-state index in [0.29, 0.717) is 23.0 Å². The number of nitrogens with one attached hydrogen (secondary N) is 1. The van der Waals surface area contributed by atoms with Crippen LogP contribution in [-0.2, 0) is 14.8 Å². The molecule has 1 N–H and O–H groups in total. The Balaban J connectivity index is 1.54. The molecule has 162 valence electrons. The predicted molar refractivity (Wildman–Crippen MR) is 122 cm³/mol. The normalized spacial score (nSPS) is 17.1. The highest BCUT2D eigenvalue weighted by Gasteiger charge is 2.40. The average Bonchev–Trinajstić information content (AvgIpc) is 3.40.